The Kier molecular flexibility index (Phi) is 2.87. The first-order valence-corrected chi connectivity index (χ1v) is 5.57. The Hall–Kier alpha value is -1.15. The van der Waals surface area contributed by atoms with E-state index in [0.717, 1.165) is 24.8 Å². The highest BCUT2D eigenvalue weighted by molar-refractivity contribution is 5.26. The van der Waals surface area contributed by atoms with E-state index >= 15 is 0 Å². The molecule has 2 atom stereocenters. The van der Waals surface area contributed by atoms with Crippen LogP contribution in [0.4, 0.5) is 0 Å². The van der Waals surface area contributed by atoms with E-state index in [2.05, 4.69) is 18.0 Å². The van der Waals surface area contributed by atoms with E-state index < -0.39 is 5.60 Å². The molecule has 1 N–H and O–H groups in total. The van der Waals surface area contributed by atoms with Crippen LogP contribution in [0, 0.1) is 5.92 Å². The predicted octanol–water partition coefficient (Wildman–Crippen LogP) is 2.65. The Bertz CT molecular complexity index is 347. The van der Waals surface area contributed by atoms with Crippen molar-refractivity contribution in [1.29, 1.82) is 0 Å². The minimum absolute atomic E-state index is 0.627. The van der Waals surface area contributed by atoms with E-state index in [1.807, 2.05) is 18.2 Å². The Balaban J connectivity index is 2.23. The Labute approximate surface area is 90.7 Å². The monoisotopic (exact) mass is 203 g/mol. The van der Waals surface area contributed by atoms with Gasteiger partial charge in [0.05, 0.1) is 0 Å². The summed E-state index contributed by atoms with van der Waals surface area (Å²) >= 11 is 0. The van der Waals surface area contributed by atoms with Crippen LogP contribution < -0.4 is 0 Å². The number of aliphatic hydroxyl groups is 1. The zero-order valence-corrected chi connectivity index (χ0v) is 9.06. The Morgan fingerprint density at radius 2 is 2.47 bits per heavy atom. The lowest BCUT2D eigenvalue weighted by molar-refractivity contribution is 0.0657. The normalized spacial score (nSPS) is 30.4. The third-order valence-electron chi connectivity index (χ3n) is 3.23. The van der Waals surface area contributed by atoms with Gasteiger partial charge in [0, 0.05) is 18.0 Å². The smallest absolute Gasteiger partial charge is 0.109 e. The largest absolute Gasteiger partial charge is 0.381 e. The van der Waals surface area contributed by atoms with Gasteiger partial charge in [0.15, 0.2) is 0 Å². The predicted molar refractivity (Wildman–Crippen MR) is 60.3 cm³/mol. The van der Waals surface area contributed by atoms with Crippen molar-refractivity contribution < 1.29 is 5.11 Å². The van der Waals surface area contributed by atoms with Gasteiger partial charge in [-0.05, 0) is 31.2 Å². The first-order valence-electron chi connectivity index (χ1n) is 5.57. The Morgan fingerprint density at radius 1 is 1.60 bits per heavy atom. The van der Waals surface area contributed by atoms with Gasteiger partial charge in [-0.3, -0.25) is 4.98 Å². The van der Waals surface area contributed by atoms with Gasteiger partial charge in [-0.15, -0.1) is 0 Å². The summed E-state index contributed by atoms with van der Waals surface area (Å²) in [6.45, 7) is 2.18. The maximum absolute atomic E-state index is 10.4. The van der Waals surface area contributed by atoms with Gasteiger partial charge in [0.25, 0.3) is 0 Å². The van der Waals surface area contributed by atoms with Crippen LogP contribution in [0.2, 0.25) is 0 Å². The van der Waals surface area contributed by atoms with Crippen LogP contribution in [0.3, 0.4) is 0 Å². The van der Waals surface area contributed by atoms with Crippen molar-refractivity contribution in [2.75, 3.05) is 0 Å². The maximum atomic E-state index is 10.4. The molecule has 15 heavy (non-hydrogen) atoms. The molecular weight excluding hydrogens is 186 g/mol. The number of aromatic nitrogens is 1. The second-order valence-corrected chi connectivity index (χ2v) is 4.23. The van der Waals surface area contributed by atoms with E-state index in [0.29, 0.717) is 5.92 Å². The molecule has 2 rings (SSSR count). The van der Waals surface area contributed by atoms with Crippen molar-refractivity contribution in [3.8, 4) is 0 Å². The van der Waals surface area contributed by atoms with Crippen LogP contribution in [-0.2, 0) is 5.60 Å². The molecular formula is C13H17NO. The molecule has 0 amide bonds. The van der Waals surface area contributed by atoms with E-state index in [1.54, 1.807) is 12.4 Å². The highest BCUT2D eigenvalue weighted by Gasteiger charge is 2.29. The van der Waals surface area contributed by atoms with Gasteiger partial charge in [-0.25, -0.2) is 0 Å². The summed E-state index contributed by atoms with van der Waals surface area (Å²) in [4.78, 5) is 4.05. The molecule has 80 valence electrons. The third-order valence-corrected chi connectivity index (χ3v) is 3.23. The van der Waals surface area contributed by atoms with Crippen LogP contribution in [0.15, 0.2) is 36.7 Å². The molecule has 2 unspecified atom stereocenters. The minimum atomic E-state index is -0.792. The summed E-state index contributed by atoms with van der Waals surface area (Å²) in [5.41, 5.74) is 0.107. The molecule has 0 aliphatic heterocycles. The Morgan fingerprint density at radius 3 is 3.00 bits per heavy atom. The molecule has 0 spiro atoms. The van der Waals surface area contributed by atoms with E-state index in [1.165, 1.54) is 0 Å². The summed E-state index contributed by atoms with van der Waals surface area (Å²) in [7, 11) is 0. The van der Waals surface area contributed by atoms with Crippen molar-refractivity contribution in [2.45, 2.75) is 31.8 Å². The summed E-state index contributed by atoms with van der Waals surface area (Å²) in [6.07, 6.45) is 10.6. The van der Waals surface area contributed by atoms with Crippen molar-refractivity contribution in [3.05, 3.63) is 42.2 Å². The molecule has 0 radical (unpaired) electrons. The first kappa shape index (κ1) is 10.4. The maximum Gasteiger partial charge on any atom is 0.109 e. The molecule has 1 aliphatic carbocycles. The molecule has 1 aliphatic rings. The second kappa shape index (κ2) is 4.15. The van der Waals surface area contributed by atoms with E-state index in [9.17, 15) is 5.11 Å². The fraction of sp³-hybridized carbons (Fsp3) is 0.462. The van der Waals surface area contributed by atoms with E-state index in [4.69, 9.17) is 0 Å². The molecule has 0 bridgehead atoms. The SMILES string of the molecule is CCC1C=CC(O)(c2cccnc2)CC1. The molecule has 0 saturated heterocycles. The molecule has 1 aromatic rings. The van der Waals surface area contributed by atoms with Gasteiger partial charge in [-0.2, -0.15) is 0 Å². The van der Waals surface area contributed by atoms with Crippen LogP contribution in [0.25, 0.3) is 0 Å². The van der Waals surface area contributed by atoms with E-state index in [-0.39, 0.29) is 0 Å². The van der Waals surface area contributed by atoms with Crippen molar-refractivity contribution in [3.63, 3.8) is 0 Å². The quantitative estimate of drug-likeness (QED) is 0.749. The van der Waals surface area contributed by atoms with Gasteiger partial charge >= 0.3 is 0 Å². The van der Waals surface area contributed by atoms with Crippen LogP contribution in [-0.4, -0.2) is 10.1 Å². The lowest BCUT2D eigenvalue weighted by Crippen LogP contribution is -2.27. The first-order chi connectivity index (χ1) is 7.24. The van der Waals surface area contributed by atoms with Gasteiger partial charge < -0.3 is 5.11 Å². The molecule has 1 heterocycles. The topological polar surface area (TPSA) is 33.1 Å². The summed E-state index contributed by atoms with van der Waals surface area (Å²) in [6, 6.07) is 3.80. The second-order valence-electron chi connectivity index (χ2n) is 4.23. The molecule has 2 nitrogen and oxygen atoms in total. The van der Waals surface area contributed by atoms with Crippen LogP contribution >= 0.6 is 0 Å². The zero-order chi connectivity index (χ0) is 10.7. The number of hydrogen-bond donors (Lipinski definition) is 1. The summed E-state index contributed by atoms with van der Waals surface area (Å²) in [5, 5.41) is 10.4. The number of hydrogen-bond acceptors (Lipinski definition) is 2. The number of rotatable bonds is 2. The average Bonchev–Trinajstić information content (AvgIpc) is 2.31. The van der Waals surface area contributed by atoms with Crippen LogP contribution in [0.5, 0.6) is 0 Å². The van der Waals surface area contributed by atoms with Gasteiger partial charge in [-0.1, -0.05) is 25.1 Å². The molecule has 2 heteroatoms. The number of nitrogens with zero attached hydrogens (tertiary/aromatic N) is 1. The average molecular weight is 203 g/mol. The van der Waals surface area contributed by atoms with Crippen molar-refractivity contribution >= 4 is 0 Å². The van der Waals surface area contributed by atoms with Crippen LogP contribution in [0.1, 0.15) is 31.7 Å². The van der Waals surface area contributed by atoms with Crippen molar-refractivity contribution in [1.82, 2.24) is 4.98 Å². The highest BCUT2D eigenvalue weighted by atomic mass is 16.3. The fourth-order valence-electron chi connectivity index (χ4n) is 2.08. The van der Waals surface area contributed by atoms with Gasteiger partial charge in [0.1, 0.15) is 5.60 Å². The third kappa shape index (κ3) is 2.10. The number of allylic oxidation sites excluding steroid dienone is 1. The molecule has 0 saturated carbocycles. The standard InChI is InChI=1S/C13H17NO/c1-2-11-5-7-13(15,8-6-11)12-4-3-9-14-10-12/h3-5,7,9-11,15H,2,6,8H2,1H3. The minimum Gasteiger partial charge on any atom is -0.381 e. The summed E-state index contributed by atoms with van der Waals surface area (Å²) < 4.78 is 0. The fourth-order valence-corrected chi connectivity index (χ4v) is 2.08. The highest BCUT2D eigenvalue weighted by Crippen LogP contribution is 2.34. The van der Waals surface area contributed by atoms with Gasteiger partial charge in [0.2, 0.25) is 0 Å². The lowest BCUT2D eigenvalue weighted by Gasteiger charge is -2.30. The number of pyridine rings is 1. The molecule has 0 fully saturated rings. The molecule has 0 aromatic carbocycles. The lowest BCUT2D eigenvalue weighted by atomic mass is 9.80. The summed E-state index contributed by atoms with van der Waals surface area (Å²) in [5.74, 6) is 0.627. The zero-order valence-electron chi connectivity index (χ0n) is 9.06. The molecule has 1 aromatic heterocycles. The van der Waals surface area contributed by atoms with Crippen molar-refractivity contribution in [2.24, 2.45) is 5.92 Å².